The summed E-state index contributed by atoms with van der Waals surface area (Å²) in [6.45, 7) is 1.10. The molecular formula is C16H22N2O2. The molecule has 4 nitrogen and oxygen atoms in total. The number of hydrogen-bond donors (Lipinski definition) is 1. The topological polar surface area (TPSA) is 45.1 Å². The average molecular weight is 274 g/mol. The zero-order valence-corrected chi connectivity index (χ0v) is 12.2. The van der Waals surface area contributed by atoms with Crippen molar-refractivity contribution in [1.29, 1.82) is 0 Å². The normalized spacial score (nSPS) is 32.3. The van der Waals surface area contributed by atoms with Crippen LogP contribution < -0.4 is 4.74 Å². The first-order chi connectivity index (χ1) is 9.66. The van der Waals surface area contributed by atoms with Gasteiger partial charge < -0.3 is 14.8 Å². The molecule has 2 bridgehead atoms. The molecule has 1 N–H and O–H groups in total. The van der Waals surface area contributed by atoms with Crippen LogP contribution in [0.5, 0.6) is 5.75 Å². The minimum atomic E-state index is 0.103. The van der Waals surface area contributed by atoms with Gasteiger partial charge in [0.15, 0.2) is 0 Å². The first-order valence-corrected chi connectivity index (χ1v) is 7.21. The summed E-state index contributed by atoms with van der Waals surface area (Å²) in [6, 6.07) is 8.85. The first-order valence-electron chi connectivity index (χ1n) is 7.21. The molecule has 2 fully saturated rings. The van der Waals surface area contributed by atoms with E-state index in [1.54, 1.807) is 7.11 Å². The lowest BCUT2D eigenvalue weighted by molar-refractivity contribution is 0.108. The molecule has 0 spiro atoms. The van der Waals surface area contributed by atoms with Crippen molar-refractivity contribution in [3.05, 3.63) is 29.8 Å². The van der Waals surface area contributed by atoms with Gasteiger partial charge in [-0.3, -0.25) is 0 Å². The zero-order valence-electron chi connectivity index (χ0n) is 12.2. The lowest BCUT2D eigenvalue weighted by Crippen LogP contribution is -2.52. The van der Waals surface area contributed by atoms with Gasteiger partial charge in [-0.1, -0.05) is 17.3 Å². The van der Waals surface area contributed by atoms with Crippen molar-refractivity contribution < 1.29 is 9.94 Å². The van der Waals surface area contributed by atoms with Gasteiger partial charge in [0.1, 0.15) is 5.75 Å². The SMILES string of the molecule is COc1cccc([C@]23CCN(C)[C@H](C/C(=N\O)C2)C3)c1. The molecule has 4 heteroatoms. The molecule has 0 radical (unpaired) electrons. The van der Waals surface area contributed by atoms with E-state index in [2.05, 4.69) is 35.3 Å². The predicted octanol–water partition coefficient (Wildman–Crippen LogP) is 2.65. The molecule has 1 aliphatic carbocycles. The molecule has 2 aliphatic rings. The molecule has 3 rings (SSSR count). The van der Waals surface area contributed by atoms with Gasteiger partial charge in [0.05, 0.1) is 12.8 Å². The minimum absolute atomic E-state index is 0.103. The van der Waals surface area contributed by atoms with Gasteiger partial charge in [-0.2, -0.15) is 0 Å². The van der Waals surface area contributed by atoms with Gasteiger partial charge in [-0.25, -0.2) is 0 Å². The Kier molecular flexibility index (Phi) is 3.42. The van der Waals surface area contributed by atoms with Crippen molar-refractivity contribution in [1.82, 2.24) is 4.90 Å². The van der Waals surface area contributed by atoms with Crippen LogP contribution in [0.25, 0.3) is 0 Å². The Morgan fingerprint density at radius 1 is 1.45 bits per heavy atom. The van der Waals surface area contributed by atoms with Gasteiger partial charge in [0, 0.05) is 17.9 Å². The van der Waals surface area contributed by atoms with Crippen LogP contribution in [0.3, 0.4) is 0 Å². The number of oxime groups is 1. The molecule has 2 atom stereocenters. The fourth-order valence-corrected chi connectivity index (χ4v) is 3.80. The summed E-state index contributed by atoms with van der Waals surface area (Å²) < 4.78 is 5.36. The number of fused-ring (bicyclic) bond motifs is 2. The summed E-state index contributed by atoms with van der Waals surface area (Å²) in [5.41, 5.74) is 2.34. The van der Waals surface area contributed by atoms with E-state index >= 15 is 0 Å². The van der Waals surface area contributed by atoms with Crippen LogP contribution >= 0.6 is 0 Å². The largest absolute Gasteiger partial charge is 0.497 e. The van der Waals surface area contributed by atoms with Gasteiger partial charge in [0.2, 0.25) is 0 Å². The molecule has 1 aliphatic heterocycles. The lowest BCUT2D eigenvalue weighted by atomic mass is 9.63. The highest BCUT2D eigenvalue weighted by molar-refractivity contribution is 5.87. The van der Waals surface area contributed by atoms with E-state index in [0.29, 0.717) is 6.04 Å². The monoisotopic (exact) mass is 274 g/mol. The third-order valence-corrected chi connectivity index (χ3v) is 5.03. The van der Waals surface area contributed by atoms with Crippen molar-refractivity contribution in [3.8, 4) is 5.75 Å². The number of methoxy groups -OCH3 is 1. The molecule has 108 valence electrons. The van der Waals surface area contributed by atoms with E-state index in [0.717, 1.165) is 43.7 Å². The van der Waals surface area contributed by atoms with Gasteiger partial charge in [0.25, 0.3) is 0 Å². The van der Waals surface area contributed by atoms with Crippen molar-refractivity contribution >= 4 is 5.71 Å². The molecule has 1 saturated carbocycles. The Morgan fingerprint density at radius 2 is 2.30 bits per heavy atom. The molecule has 1 aromatic rings. The number of nitrogens with zero attached hydrogens (tertiary/aromatic N) is 2. The van der Waals surface area contributed by atoms with Crippen LogP contribution in [0.2, 0.25) is 0 Å². The van der Waals surface area contributed by atoms with E-state index in [4.69, 9.17) is 4.74 Å². The van der Waals surface area contributed by atoms with E-state index in [9.17, 15) is 5.21 Å². The first kappa shape index (κ1) is 13.4. The second kappa shape index (κ2) is 5.09. The Morgan fingerprint density at radius 3 is 3.05 bits per heavy atom. The van der Waals surface area contributed by atoms with Crippen LogP contribution in [0, 0.1) is 0 Å². The summed E-state index contributed by atoms with van der Waals surface area (Å²) in [4.78, 5) is 2.39. The summed E-state index contributed by atoms with van der Waals surface area (Å²) in [7, 11) is 3.87. The smallest absolute Gasteiger partial charge is 0.119 e. The Bertz CT molecular complexity index is 529. The highest BCUT2D eigenvalue weighted by atomic mass is 16.5. The molecule has 1 saturated heterocycles. The lowest BCUT2D eigenvalue weighted by Gasteiger charge is -2.49. The maximum Gasteiger partial charge on any atom is 0.119 e. The third-order valence-electron chi connectivity index (χ3n) is 5.03. The van der Waals surface area contributed by atoms with Crippen LogP contribution in [0.4, 0.5) is 0 Å². The van der Waals surface area contributed by atoms with Crippen molar-refractivity contribution in [3.63, 3.8) is 0 Å². The van der Waals surface area contributed by atoms with Crippen LogP contribution in [-0.4, -0.2) is 42.6 Å². The van der Waals surface area contributed by atoms with Crippen LogP contribution in [0.15, 0.2) is 29.4 Å². The van der Waals surface area contributed by atoms with Crippen molar-refractivity contribution in [2.45, 2.75) is 37.1 Å². The van der Waals surface area contributed by atoms with E-state index in [1.165, 1.54) is 5.56 Å². The molecule has 1 aromatic carbocycles. The predicted molar refractivity (Wildman–Crippen MR) is 78.8 cm³/mol. The standard InChI is InChI=1S/C16H22N2O2/c1-18-7-6-16(10-13(17-19)9-14(18)11-16)12-4-3-5-15(8-12)20-2/h3-5,8,14,19H,6-7,9-11H2,1-2H3/b17-13+/t14-,16-/m1/s1. The summed E-state index contributed by atoms with van der Waals surface area (Å²) in [6.07, 6.45) is 3.99. The van der Waals surface area contributed by atoms with Crippen LogP contribution in [-0.2, 0) is 5.41 Å². The number of rotatable bonds is 2. The molecule has 1 heterocycles. The maximum absolute atomic E-state index is 9.24. The molecule has 20 heavy (non-hydrogen) atoms. The minimum Gasteiger partial charge on any atom is -0.497 e. The van der Waals surface area contributed by atoms with Gasteiger partial charge in [-0.05, 0) is 50.6 Å². The average Bonchev–Trinajstić information content (AvgIpc) is 2.51. The highest BCUT2D eigenvalue weighted by Crippen LogP contribution is 2.46. The molecular weight excluding hydrogens is 252 g/mol. The van der Waals surface area contributed by atoms with E-state index in [-0.39, 0.29) is 5.41 Å². The van der Waals surface area contributed by atoms with Crippen LogP contribution in [0.1, 0.15) is 31.2 Å². The fourth-order valence-electron chi connectivity index (χ4n) is 3.80. The summed E-state index contributed by atoms with van der Waals surface area (Å²) >= 11 is 0. The zero-order chi connectivity index (χ0) is 14.2. The maximum atomic E-state index is 9.24. The summed E-state index contributed by atoms with van der Waals surface area (Å²) in [5.74, 6) is 0.903. The van der Waals surface area contributed by atoms with E-state index in [1.807, 2.05) is 6.07 Å². The number of hydrogen-bond acceptors (Lipinski definition) is 4. The third kappa shape index (κ3) is 2.18. The Labute approximate surface area is 120 Å². The molecule has 0 amide bonds. The quantitative estimate of drug-likeness (QED) is 0.666. The second-order valence-electron chi connectivity index (χ2n) is 6.15. The van der Waals surface area contributed by atoms with Gasteiger partial charge >= 0.3 is 0 Å². The fraction of sp³-hybridized carbons (Fsp3) is 0.562. The molecule has 0 aromatic heterocycles. The molecule has 0 unspecified atom stereocenters. The Hall–Kier alpha value is -1.55. The number of ether oxygens (including phenoxy) is 1. The Balaban J connectivity index is 1.99. The highest BCUT2D eigenvalue weighted by Gasteiger charge is 2.45. The van der Waals surface area contributed by atoms with Gasteiger partial charge in [-0.15, -0.1) is 0 Å². The van der Waals surface area contributed by atoms with E-state index < -0.39 is 0 Å². The van der Waals surface area contributed by atoms with Crippen molar-refractivity contribution in [2.24, 2.45) is 5.16 Å². The second-order valence-corrected chi connectivity index (χ2v) is 6.15. The number of likely N-dealkylation sites (tertiary alicyclic amines) is 1. The van der Waals surface area contributed by atoms with Crippen molar-refractivity contribution in [2.75, 3.05) is 20.7 Å². The number of benzene rings is 1. The number of piperidine rings is 1. The summed E-state index contributed by atoms with van der Waals surface area (Å²) in [5, 5.41) is 12.8.